The molecule has 0 aromatic carbocycles. The molecule has 0 unspecified atom stereocenters. The number of aromatic amines is 1. The van der Waals surface area contributed by atoms with Crippen molar-refractivity contribution in [3.05, 3.63) is 18.2 Å². The third kappa shape index (κ3) is 1.000. The van der Waals surface area contributed by atoms with Crippen LogP contribution in [-0.4, -0.2) is 20.1 Å². The van der Waals surface area contributed by atoms with Crippen LogP contribution in [0.1, 0.15) is 5.82 Å². The first-order valence-corrected chi connectivity index (χ1v) is 3.16. The van der Waals surface area contributed by atoms with E-state index in [-0.39, 0.29) is 0 Å². The Labute approximate surface area is 62.5 Å². The zero-order valence-corrected chi connectivity index (χ0v) is 5.90. The average molecular weight is 150 g/mol. The fourth-order valence-corrected chi connectivity index (χ4v) is 0.775. The molecule has 0 radical (unpaired) electrons. The first-order chi connectivity index (χ1) is 5.36. The van der Waals surface area contributed by atoms with Gasteiger partial charge in [-0.05, 0) is 6.92 Å². The van der Waals surface area contributed by atoms with Crippen molar-refractivity contribution >= 4 is 0 Å². The van der Waals surface area contributed by atoms with Gasteiger partial charge in [-0.3, -0.25) is 0 Å². The summed E-state index contributed by atoms with van der Waals surface area (Å²) in [6, 6.07) is 0. The number of imidazole rings is 1. The number of aryl methyl sites for hydroxylation is 1. The van der Waals surface area contributed by atoms with Crippen molar-refractivity contribution in [3.63, 3.8) is 0 Å². The smallest absolute Gasteiger partial charge is 0.293 e. The van der Waals surface area contributed by atoms with Crippen LogP contribution in [-0.2, 0) is 0 Å². The van der Waals surface area contributed by atoms with Crippen LogP contribution in [0.4, 0.5) is 0 Å². The van der Waals surface area contributed by atoms with E-state index in [1.165, 1.54) is 0 Å². The van der Waals surface area contributed by atoms with Crippen LogP contribution >= 0.6 is 0 Å². The van der Waals surface area contributed by atoms with E-state index < -0.39 is 0 Å². The van der Waals surface area contributed by atoms with Crippen molar-refractivity contribution in [2.45, 2.75) is 6.92 Å². The molecule has 0 aliphatic heterocycles. The maximum Gasteiger partial charge on any atom is 0.293 e. The van der Waals surface area contributed by atoms with Crippen LogP contribution in [0.3, 0.4) is 0 Å². The third-order valence-corrected chi connectivity index (χ3v) is 1.23. The monoisotopic (exact) mass is 150 g/mol. The Hall–Kier alpha value is -1.65. The number of hydrogen-bond acceptors (Lipinski definition) is 4. The van der Waals surface area contributed by atoms with Crippen molar-refractivity contribution in [2.24, 2.45) is 0 Å². The molecule has 56 valence electrons. The van der Waals surface area contributed by atoms with Crippen molar-refractivity contribution in [1.29, 1.82) is 0 Å². The van der Waals surface area contributed by atoms with Gasteiger partial charge in [0.1, 0.15) is 0 Å². The number of H-pyrrole nitrogens is 1. The SMILES string of the molecule is Cc1noc(-c2ncc[nH]2)n1. The van der Waals surface area contributed by atoms with Crippen molar-refractivity contribution in [1.82, 2.24) is 20.1 Å². The van der Waals surface area contributed by atoms with E-state index in [0.29, 0.717) is 17.5 Å². The highest BCUT2D eigenvalue weighted by molar-refractivity contribution is 5.38. The van der Waals surface area contributed by atoms with E-state index in [1.54, 1.807) is 19.3 Å². The molecule has 0 fully saturated rings. The Morgan fingerprint density at radius 2 is 2.45 bits per heavy atom. The number of rotatable bonds is 1. The molecule has 0 bridgehead atoms. The van der Waals surface area contributed by atoms with Crippen molar-refractivity contribution in [2.75, 3.05) is 0 Å². The molecule has 5 heteroatoms. The lowest BCUT2D eigenvalue weighted by Gasteiger charge is -1.81. The first-order valence-electron chi connectivity index (χ1n) is 3.16. The van der Waals surface area contributed by atoms with Crippen LogP contribution in [0.5, 0.6) is 0 Å². The molecule has 1 N–H and O–H groups in total. The summed E-state index contributed by atoms with van der Waals surface area (Å²) < 4.78 is 4.85. The highest BCUT2D eigenvalue weighted by Gasteiger charge is 2.06. The summed E-state index contributed by atoms with van der Waals surface area (Å²) in [4.78, 5) is 10.8. The Balaban J connectivity index is 2.45. The normalized spacial score (nSPS) is 10.3. The van der Waals surface area contributed by atoms with Gasteiger partial charge < -0.3 is 9.51 Å². The summed E-state index contributed by atoms with van der Waals surface area (Å²) in [6.45, 7) is 1.76. The van der Waals surface area contributed by atoms with Gasteiger partial charge in [-0.25, -0.2) is 4.98 Å². The minimum atomic E-state index is 0.424. The molecular formula is C6H6N4O. The lowest BCUT2D eigenvalue weighted by atomic mass is 10.6. The van der Waals surface area contributed by atoms with Crippen LogP contribution < -0.4 is 0 Å². The molecule has 5 nitrogen and oxygen atoms in total. The third-order valence-electron chi connectivity index (χ3n) is 1.23. The van der Waals surface area contributed by atoms with E-state index >= 15 is 0 Å². The zero-order valence-electron chi connectivity index (χ0n) is 5.90. The molecule has 2 rings (SSSR count). The van der Waals surface area contributed by atoms with Crippen molar-refractivity contribution in [3.8, 4) is 11.7 Å². The molecule has 0 saturated carbocycles. The number of nitrogens with zero attached hydrogens (tertiary/aromatic N) is 3. The van der Waals surface area contributed by atoms with Gasteiger partial charge in [-0.15, -0.1) is 0 Å². The maximum absolute atomic E-state index is 4.85. The summed E-state index contributed by atoms with van der Waals surface area (Å²) in [5.41, 5.74) is 0. The molecule has 2 aromatic heterocycles. The number of hydrogen-bond donors (Lipinski definition) is 1. The molecule has 0 saturated heterocycles. The standard InChI is InChI=1S/C6H6N4O/c1-4-9-6(11-10-4)5-7-2-3-8-5/h2-3H,1H3,(H,7,8). The summed E-state index contributed by atoms with van der Waals surface area (Å²) in [7, 11) is 0. The molecular weight excluding hydrogens is 144 g/mol. The molecule has 0 aliphatic carbocycles. The Bertz CT molecular complexity index is 337. The van der Waals surface area contributed by atoms with Gasteiger partial charge >= 0.3 is 0 Å². The topological polar surface area (TPSA) is 67.6 Å². The van der Waals surface area contributed by atoms with Gasteiger partial charge in [0.25, 0.3) is 5.89 Å². The lowest BCUT2D eigenvalue weighted by molar-refractivity contribution is 0.423. The number of aromatic nitrogens is 4. The second-order valence-electron chi connectivity index (χ2n) is 2.08. The predicted octanol–water partition coefficient (Wildman–Crippen LogP) is 0.768. The summed E-state index contributed by atoms with van der Waals surface area (Å²) in [5.74, 6) is 1.63. The van der Waals surface area contributed by atoms with Crippen molar-refractivity contribution < 1.29 is 4.52 Å². The van der Waals surface area contributed by atoms with Gasteiger partial charge in [-0.1, -0.05) is 5.16 Å². The largest absolute Gasteiger partial charge is 0.341 e. The van der Waals surface area contributed by atoms with E-state index in [2.05, 4.69) is 20.1 Å². The second kappa shape index (κ2) is 2.19. The molecule has 2 aromatic rings. The summed E-state index contributed by atoms with van der Waals surface area (Å²) >= 11 is 0. The molecule has 0 aliphatic rings. The Kier molecular flexibility index (Phi) is 1.21. The van der Waals surface area contributed by atoms with Gasteiger partial charge in [0.2, 0.25) is 0 Å². The molecule has 0 amide bonds. The second-order valence-corrected chi connectivity index (χ2v) is 2.08. The first kappa shape index (κ1) is 6.09. The van der Waals surface area contributed by atoms with E-state index in [0.717, 1.165) is 0 Å². The quantitative estimate of drug-likeness (QED) is 0.651. The van der Waals surface area contributed by atoms with Crippen LogP contribution in [0.15, 0.2) is 16.9 Å². The molecule has 0 atom stereocenters. The predicted molar refractivity (Wildman–Crippen MR) is 36.6 cm³/mol. The van der Waals surface area contributed by atoms with Crippen LogP contribution in [0.25, 0.3) is 11.7 Å². The number of nitrogens with one attached hydrogen (secondary N) is 1. The Morgan fingerprint density at radius 1 is 1.55 bits per heavy atom. The average Bonchev–Trinajstić information content (AvgIpc) is 2.55. The minimum absolute atomic E-state index is 0.424. The van der Waals surface area contributed by atoms with Gasteiger partial charge in [0, 0.05) is 12.4 Å². The van der Waals surface area contributed by atoms with E-state index in [4.69, 9.17) is 4.52 Å². The fourth-order valence-electron chi connectivity index (χ4n) is 0.775. The molecule has 0 spiro atoms. The zero-order chi connectivity index (χ0) is 7.68. The van der Waals surface area contributed by atoms with Gasteiger partial charge in [0.15, 0.2) is 11.6 Å². The molecule has 2 heterocycles. The lowest BCUT2D eigenvalue weighted by Crippen LogP contribution is -1.79. The highest BCUT2D eigenvalue weighted by atomic mass is 16.5. The summed E-state index contributed by atoms with van der Waals surface area (Å²) in [6.07, 6.45) is 3.34. The Morgan fingerprint density at radius 3 is 3.00 bits per heavy atom. The molecule has 11 heavy (non-hydrogen) atoms. The van der Waals surface area contributed by atoms with E-state index in [9.17, 15) is 0 Å². The van der Waals surface area contributed by atoms with Crippen LogP contribution in [0, 0.1) is 6.92 Å². The summed E-state index contributed by atoms with van der Waals surface area (Å²) in [5, 5.41) is 3.63. The van der Waals surface area contributed by atoms with E-state index in [1.807, 2.05) is 0 Å². The van der Waals surface area contributed by atoms with Gasteiger partial charge in [-0.2, -0.15) is 4.98 Å². The minimum Gasteiger partial charge on any atom is -0.341 e. The van der Waals surface area contributed by atoms with Crippen LogP contribution in [0.2, 0.25) is 0 Å². The fraction of sp³-hybridized carbons (Fsp3) is 0.167. The van der Waals surface area contributed by atoms with Gasteiger partial charge in [0.05, 0.1) is 0 Å². The highest BCUT2D eigenvalue weighted by Crippen LogP contribution is 2.09. The maximum atomic E-state index is 4.85.